The number of anilines is 1. The van der Waals surface area contributed by atoms with E-state index in [1.54, 1.807) is 19.1 Å². The lowest BCUT2D eigenvalue weighted by atomic mass is 10.2. The van der Waals surface area contributed by atoms with Gasteiger partial charge in [0, 0.05) is 18.5 Å². The van der Waals surface area contributed by atoms with Crippen LogP contribution in [0.1, 0.15) is 5.56 Å². The lowest BCUT2D eigenvalue weighted by molar-refractivity contribution is -0.385. The maximum absolute atomic E-state index is 10.9. The molecule has 0 radical (unpaired) electrons. The average molecular weight is 246 g/mol. The molecule has 0 aliphatic carbocycles. The van der Waals surface area contributed by atoms with Gasteiger partial charge in [-0.3, -0.25) is 10.1 Å². The second-order valence-electron chi connectivity index (χ2n) is 3.58. The summed E-state index contributed by atoms with van der Waals surface area (Å²) < 4.78 is 5.34. The normalized spacial score (nSPS) is 10.1. The topological polar surface area (TPSA) is 104 Å². The van der Waals surface area contributed by atoms with E-state index in [2.05, 4.69) is 9.97 Å². The number of nitro benzene ring substituents is 1. The maximum atomic E-state index is 10.9. The molecule has 0 aliphatic rings. The zero-order valence-corrected chi connectivity index (χ0v) is 9.53. The highest BCUT2D eigenvalue weighted by Crippen LogP contribution is 2.32. The fourth-order valence-corrected chi connectivity index (χ4v) is 1.37. The third-order valence-electron chi connectivity index (χ3n) is 2.21. The molecule has 0 saturated heterocycles. The lowest BCUT2D eigenvalue weighted by Gasteiger charge is -2.07. The van der Waals surface area contributed by atoms with E-state index in [0.717, 1.165) is 5.56 Å². The molecule has 1 heterocycles. The van der Waals surface area contributed by atoms with Crippen LogP contribution < -0.4 is 10.5 Å². The van der Waals surface area contributed by atoms with E-state index in [1.165, 1.54) is 18.5 Å². The summed E-state index contributed by atoms with van der Waals surface area (Å²) in [6.45, 7) is 1.80. The van der Waals surface area contributed by atoms with E-state index < -0.39 is 4.92 Å². The van der Waals surface area contributed by atoms with E-state index in [0.29, 0.717) is 0 Å². The molecule has 0 aliphatic heterocycles. The first-order valence-corrected chi connectivity index (χ1v) is 5.07. The quantitative estimate of drug-likeness (QED) is 0.656. The van der Waals surface area contributed by atoms with Gasteiger partial charge in [0.1, 0.15) is 0 Å². The van der Waals surface area contributed by atoms with Crippen molar-refractivity contribution < 1.29 is 9.66 Å². The molecule has 1 aromatic heterocycles. The second-order valence-corrected chi connectivity index (χ2v) is 3.58. The Hall–Kier alpha value is -2.70. The van der Waals surface area contributed by atoms with Gasteiger partial charge in [-0.1, -0.05) is 6.07 Å². The highest BCUT2D eigenvalue weighted by molar-refractivity contribution is 5.52. The minimum Gasteiger partial charge on any atom is -0.429 e. The number of ether oxygens (including phenoxy) is 1. The van der Waals surface area contributed by atoms with Crippen LogP contribution >= 0.6 is 0 Å². The van der Waals surface area contributed by atoms with Crippen LogP contribution in [0.3, 0.4) is 0 Å². The molecule has 0 amide bonds. The molecule has 0 bridgehead atoms. The van der Waals surface area contributed by atoms with E-state index in [9.17, 15) is 10.1 Å². The molecule has 7 heteroatoms. The molecule has 0 unspecified atom stereocenters. The van der Waals surface area contributed by atoms with Crippen LogP contribution in [0.15, 0.2) is 30.6 Å². The molecule has 2 aromatic rings. The fraction of sp³-hybridized carbons (Fsp3) is 0.0909. The van der Waals surface area contributed by atoms with Gasteiger partial charge in [0.25, 0.3) is 5.88 Å². The number of rotatable bonds is 3. The summed E-state index contributed by atoms with van der Waals surface area (Å²) in [6.07, 6.45) is 2.81. The number of nitro groups is 1. The smallest absolute Gasteiger partial charge is 0.311 e. The number of benzene rings is 1. The van der Waals surface area contributed by atoms with Crippen molar-refractivity contribution in [3.05, 3.63) is 46.3 Å². The number of hydrogen-bond donors (Lipinski definition) is 1. The summed E-state index contributed by atoms with van der Waals surface area (Å²) in [4.78, 5) is 18.0. The number of aryl methyl sites for hydroxylation is 1. The zero-order valence-electron chi connectivity index (χ0n) is 9.53. The number of hydrogen-bond acceptors (Lipinski definition) is 6. The van der Waals surface area contributed by atoms with E-state index >= 15 is 0 Å². The SMILES string of the molecule is Cc1ccc([N+](=O)[O-])c(Oc2nccnc2N)c1. The number of nitrogens with two attached hydrogens (primary N) is 1. The molecular weight excluding hydrogens is 236 g/mol. The van der Waals surface area contributed by atoms with Crippen molar-refractivity contribution in [2.75, 3.05) is 5.73 Å². The fourth-order valence-electron chi connectivity index (χ4n) is 1.37. The minimum absolute atomic E-state index is 0.0474. The second kappa shape index (κ2) is 4.66. The van der Waals surface area contributed by atoms with Gasteiger partial charge in [-0.05, 0) is 18.6 Å². The Bertz CT molecular complexity index is 601. The van der Waals surface area contributed by atoms with Gasteiger partial charge in [0.05, 0.1) is 4.92 Å². The molecule has 0 fully saturated rings. The minimum atomic E-state index is -0.526. The Morgan fingerprint density at radius 3 is 2.72 bits per heavy atom. The molecule has 0 spiro atoms. The first kappa shape index (κ1) is 11.8. The van der Waals surface area contributed by atoms with Gasteiger partial charge in [-0.15, -0.1) is 0 Å². The van der Waals surface area contributed by atoms with Crippen LogP contribution in [0.2, 0.25) is 0 Å². The third-order valence-corrected chi connectivity index (χ3v) is 2.21. The van der Waals surface area contributed by atoms with E-state index in [1.807, 2.05) is 0 Å². The largest absolute Gasteiger partial charge is 0.429 e. The van der Waals surface area contributed by atoms with Crippen molar-refractivity contribution in [1.29, 1.82) is 0 Å². The highest BCUT2D eigenvalue weighted by atomic mass is 16.6. The van der Waals surface area contributed by atoms with Gasteiger partial charge in [0.15, 0.2) is 5.82 Å². The molecule has 7 nitrogen and oxygen atoms in total. The van der Waals surface area contributed by atoms with Gasteiger partial charge in [-0.2, -0.15) is 0 Å². The Labute approximate surface area is 102 Å². The van der Waals surface area contributed by atoms with Crippen molar-refractivity contribution in [3.8, 4) is 11.6 Å². The standard InChI is InChI=1S/C11H10N4O3/c1-7-2-3-8(15(16)17)9(6-7)18-11-10(12)13-4-5-14-11/h2-6H,1H3,(H2,12,13). The molecule has 0 atom stereocenters. The summed E-state index contributed by atoms with van der Waals surface area (Å²) in [6, 6.07) is 4.55. The monoisotopic (exact) mass is 246 g/mol. The molecule has 2 rings (SSSR count). The van der Waals surface area contributed by atoms with Crippen LogP contribution in [0.4, 0.5) is 11.5 Å². The molecular formula is C11H10N4O3. The molecule has 2 N–H and O–H groups in total. The van der Waals surface area contributed by atoms with E-state index in [-0.39, 0.29) is 23.1 Å². The Morgan fingerprint density at radius 1 is 1.33 bits per heavy atom. The third kappa shape index (κ3) is 2.34. The number of nitrogen functional groups attached to an aromatic ring is 1. The predicted molar refractivity (Wildman–Crippen MR) is 64.4 cm³/mol. The average Bonchev–Trinajstić information content (AvgIpc) is 2.32. The van der Waals surface area contributed by atoms with Crippen molar-refractivity contribution >= 4 is 11.5 Å². The summed E-state index contributed by atoms with van der Waals surface area (Å²) in [5.41, 5.74) is 6.25. The highest BCUT2D eigenvalue weighted by Gasteiger charge is 2.17. The Kier molecular flexibility index (Phi) is 3.05. The van der Waals surface area contributed by atoms with Gasteiger partial charge >= 0.3 is 5.69 Å². The maximum Gasteiger partial charge on any atom is 0.311 e. The van der Waals surface area contributed by atoms with E-state index in [4.69, 9.17) is 10.5 Å². The lowest BCUT2D eigenvalue weighted by Crippen LogP contribution is -1.99. The van der Waals surface area contributed by atoms with Crippen molar-refractivity contribution in [2.24, 2.45) is 0 Å². The first-order valence-electron chi connectivity index (χ1n) is 5.07. The van der Waals surface area contributed by atoms with Gasteiger partial charge < -0.3 is 10.5 Å². The van der Waals surface area contributed by atoms with Crippen molar-refractivity contribution in [1.82, 2.24) is 9.97 Å². The van der Waals surface area contributed by atoms with Gasteiger partial charge in [0.2, 0.25) is 5.75 Å². The first-order chi connectivity index (χ1) is 8.58. The van der Waals surface area contributed by atoms with Crippen LogP contribution in [-0.2, 0) is 0 Å². The number of nitrogens with zero attached hydrogens (tertiary/aromatic N) is 3. The van der Waals surface area contributed by atoms with Crippen LogP contribution in [0.5, 0.6) is 11.6 Å². The van der Waals surface area contributed by atoms with Crippen molar-refractivity contribution in [2.45, 2.75) is 6.92 Å². The number of aromatic nitrogens is 2. The zero-order chi connectivity index (χ0) is 13.1. The molecule has 92 valence electrons. The summed E-state index contributed by atoms with van der Waals surface area (Å²) in [5, 5.41) is 10.9. The summed E-state index contributed by atoms with van der Waals surface area (Å²) in [5.74, 6) is 0.215. The van der Waals surface area contributed by atoms with Crippen LogP contribution in [0.25, 0.3) is 0 Å². The van der Waals surface area contributed by atoms with Gasteiger partial charge in [-0.25, -0.2) is 9.97 Å². The summed E-state index contributed by atoms with van der Waals surface area (Å²) in [7, 11) is 0. The molecule has 0 saturated carbocycles. The van der Waals surface area contributed by atoms with Crippen LogP contribution in [-0.4, -0.2) is 14.9 Å². The Balaban J connectivity index is 2.42. The molecule has 18 heavy (non-hydrogen) atoms. The predicted octanol–water partition coefficient (Wildman–Crippen LogP) is 2.07. The summed E-state index contributed by atoms with van der Waals surface area (Å²) >= 11 is 0. The van der Waals surface area contributed by atoms with Crippen LogP contribution in [0, 0.1) is 17.0 Å². The van der Waals surface area contributed by atoms with Crippen molar-refractivity contribution in [3.63, 3.8) is 0 Å². The molecule has 1 aromatic carbocycles. The Morgan fingerprint density at radius 2 is 2.06 bits per heavy atom.